The third kappa shape index (κ3) is 7.26. The highest BCUT2D eigenvalue weighted by molar-refractivity contribution is 6.54. The van der Waals surface area contributed by atoms with E-state index in [1.165, 1.54) is 57.8 Å². The summed E-state index contributed by atoms with van der Waals surface area (Å²) in [5.74, 6) is 0. The zero-order valence-electron chi connectivity index (χ0n) is 13.5. The van der Waals surface area contributed by atoms with Crippen LogP contribution in [0, 0.1) is 0 Å². The Bertz CT molecular complexity index is 197. The predicted octanol–water partition coefficient (Wildman–Crippen LogP) is 4.87. The molecule has 0 spiro atoms. The number of carbonyl (C=O) groups excluding carboxylic acids is 1. The summed E-state index contributed by atoms with van der Waals surface area (Å²) in [6.45, 7) is 9.42. The van der Waals surface area contributed by atoms with Crippen molar-refractivity contribution in [1.29, 1.82) is 0 Å². The minimum absolute atomic E-state index is 0.305. The van der Waals surface area contributed by atoms with E-state index in [9.17, 15) is 4.79 Å². The van der Waals surface area contributed by atoms with E-state index in [0.717, 1.165) is 6.29 Å². The number of rotatable bonds is 13. The van der Waals surface area contributed by atoms with Crippen LogP contribution in [-0.2, 0) is 9.22 Å². The van der Waals surface area contributed by atoms with Crippen LogP contribution in [-0.4, -0.2) is 21.9 Å². The molecule has 0 bridgehead atoms. The van der Waals surface area contributed by atoms with Gasteiger partial charge in [0.1, 0.15) is 6.29 Å². The Balaban J connectivity index is 4.78. The molecule has 19 heavy (non-hydrogen) atoms. The second-order valence-corrected chi connectivity index (χ2v) is 8.66. The molecule has 0 radical (unpaired) electrons. The Labute approximate surface area is 122 Å². The maximum Gasteiger partial charge on any atom is 0.180 e. The number of aldehydes is 1. The zero-order chi connectivity index (χ0) is 14.6. The summed E-state index contributed by atoms with van der Waals surface area (Å²) in [5, 5.41) is 0.422. The van der Waals surface area contributed by atoms with Crippen LogP contribution >= 0.6 is 0 Å². The molecular formula is C16H34O2Si. The van der Waals surface area contributed by atoms with Crippen molar-refractivity contribution < 1.29 is 9.22 Å². The number of hydrogen-bond donors (Lipinski definition) is 0. The first-order valence-corrected chi connectivity index (χ1v) is 10.4. The molecule has 0 aliphatic carbocycles. The van der Waals surface area contributed by atoms with E-state index in [-0.39, 0.29) is 0 Å². The van der Waals surface area contributed by atoms with Gasteiger partial charge in [0, 0.05) is 0 Å². The lowest BCUT2D eigenvalue weighted by Crippen LogP contribution is -2.34. The van der Waals surface area contributed by atoms with Crippen molar-refractivity contribution in [3.05, 3.63) is 0 Å². The third-order valence-corrected chi connectivity index (χ3v) is 7.64. The molecular weight excluding hydrogens is 252 g/mol. The van der Waals surface area contributed by atoms with Gasteiger partial charge in [-0.2, -0.15) is 0 Å². The van der Waals surface area contributed by atoms with Crippen LogP contribution in [0.25, 0.3) is 0 Å². The quantitative estimate of drug-likeness (QED) is 0.357. The smallest absolute Gasteiger partial charge is 0.180 e. The summed E-state index contributed by atoms with van der Waals surface area (Å²) >= 11 is 0. The van der Waals surface area contributed by atoms with Gasteiger partial charge >= 0.3 is 0 Å². The van der Waals surface area contributed by atoms with Crippen molar-refractivity contribution in [3.8, 4) is 0 Å². The molecule has 1 unspecified atom stereocenters. The molecule has 114 valence electrons. The van der Waals surface area contributed by atoms with Crippen LogP contribution in [0.2, 0.25) is 11.6 Å². The van der Waals surface area contributed by atoms with Gasteiger partial charge in [0.2, 0.25) is 0 Å². The van der Waals surface area contributed by atoms with Crippen molar-refractivity contribution in [2.75, 3.05) is 6.61 Å². The molecule has 0 amide bonds. The Morgan fingerprint density at radius 2 is 1.37 bits per heavy atom. The minimum atomic E-state index is -1.30. The first-order chi connectivity index (χ1) is 9.16. The SMILES string of the molecule is CCCCC(CCCC)(CCCC)[SiH](C)OCC=O. The van der Waals surface area contributed by atoms with Gasteiger partial charge in [-0.15, -0.1) is 0 Å². The third-order valence-electron chi connectivity index (χ3n) is 4.36. The minimum Gasteiger partial charge on any atom is -0.413 e. The standard InChI is InChI=1S/C16H34O2Si/c1-5-8-11-16(12-9-6-2,13-10-7-3)19(4)18-15-14-17/h14,19H,5-13,15H2,1-4H3. The molecule has 2 nitrogen and oxygen atoms in total. The normalized spacial score (nSPS) is 13.5. The molecule has 3 heteroatoms. The highest BCUT2D eigenvalue weighted by Crippen LogP contribution is 2.46. The molecule has 0 aromatic rings. The fourth-order valence-electron chi connectivity index (χ4n) is 2.93. The summed E-state index contributed by atoms with van der Waals surface area (Å²) in [6.07, 6.45) is 12.5. The van der Waals surface area contributed by atoms with Crippen LogP contribution in [0.5, 0.6) is 0 Å². The lowest BCUT2D eigenvalue weighted by Gasteiger charge is -2.38. The van der Waals surface area contributed by atoms with Gasteiger partial charge in [-0.3, -0.25) is 0 Å². The lowest BCUT2D eigenvalue weighted by molar-refractivity contribution is -0.109. The molecule has 0 aliphatic rings. The van der Waals surface area contributed by atoms with Gasteiger partial charge in [-0.25, -0.2) is 0 Å². The van der Waals surface area contributed by atoms with E-state index in [2.05, 4.69) is 27.3 Å². The Morgan fingerprint density at radius 1 is 0.947 bits per heavy atom. The summed E-state index contributed by atoms with van der Waals surface area (Å²) < 4.78 is 5.92. The van der Waals surface area contributed by atoms with Gasteiger partial charge in [-0.1, -0.05) is 59.3 Å². The second kappa shape index (κ2) is 11.7. The summed E-state index contributed by atoms with van der Waals surface area (Å²) in [4.78, 5) is 10.6. The number of hydrogen-bond acceptors (Lipinski definition) is 2. The Morgan fingerprint density at radius 3 is 1.68 bits per heavy atom. The zero-order valence-corrected chi connectivity index (χ0v) is 14.7. The molecule has 0 saturated carbocycles. The summed E-state index contributed by atoms with van der Waals surface area (Å²) in [7, 11) is -1.30. The number of carbonyl (C=O) groups is 1. The highest BCUT2D eigenvalue weighted by Gasteiger charge is 2.36. The van der Waals surface area contributed by atoms with Crippen LogP contribution in [0.1, 0.15) is 78.6 Å². The molecule has 0 heterocycles. The van der Waals surface area contributed by atoms with Gasteiger partial charge in [0.15, 0.2) is 9.04 Å². The highest BCUT2D eigenvalue weighted by atomic mass is 28.3. The van der Waals surface area contributed by atoms with Gasteiger partial charge in [0.05, 0.1) is 6.61 Å². The molecule has 0 N–H and O–H groups in total. The molecule has 0 fully saturated rings. The topological polar surface area (TPSA) is 26.3 Å². The van der Waals surface area contributed by atoms with Crippen molar-refractivity contribution in [1.82, 2.24) is 0 Å². The van der Waals surface area contributed by atoms with Crippen molar-refractivity contribution in [2.24, 2.45) is 0 Å². The molecule has 1 atom stereocenters. The number of unbranched alkanes of at least 4 members (excludes halogenated alkanes) is 3. The van der Waals surface area contributed by atoms with Crippen LogP contribution in [0.15, 0.2) is 0 Å². The first kappa shape index (κ1) is 18.8. The largest absolute Gasteiger partial charge is 0.413 e. The van der Waals surface area contributed by atoms with E-state index < -0.39 is 9.04 Å². The Kier molecular flexibility index (Phi) is 11.6. The predicted molar refractivity (Wildman–Crippen MR) is 86.3 cm³/mol. The van der Waals surface area contributed by atoms with Gasteiger partial charge in [0.25, 0.3) is 0 Å². The van der Waals surface area contributed by atoms with Crippen LogP contribution in [0.4, 0.5) is 0 Å². The maximum absolute atomic E-state index is 10.6. The van der Waals surface area contributed by atoms with Crippen LogP contribution < -0.4 is 0 Å². The molecule has 0 rings (SSSR count). The van der Waals surface area contributed by atoms with E-state index in [4.69, 9.17) is 4.43 Å². The molecule has 0 aromatic carbocycles. The van der Waals surface area contributed by atoms with E-state index in [0.29, 0.717) is 11.6 Å². The van der Waals surface area contributed by atoms with Crippen LogP contribution in [0.3, 0.4) is 0 Å². The van der Waals surface area contributed by atoms with Crippen molar-refractivity contribution in [3.63, 3.8) is 0 Å². The monoisotopic (exact) mass is 286 g/mol. The summed E-state index contributed by atoms with van der Waals surface area (Å²) in [6, 6.07) is 0. The second-order valence-electron chi connectivity index (χ2n) is 5.82. The fourth-order valence-corrected chi connectivity index (χ4v) is 5.48. The first-order valence-electron chi connectivity index (χ1n) is 8.22. The summed E-state index contributed by atoms with van der Waals surface area (Å²) in [5.41, 5.74) is 0. The van der Waals surface area contributed by atoms with Crippen molar-refractivity contribution in [2.45, 2.75) is 90.1 Å². The maximum atomic E-state index is 10.6. The average molecular weight is 287 g/mol. The fraction of sp³-hybridized carbons (Fsp3) is 0.938. The lowest BCUT2D eigenvalue weighted by atomic mass is 9.89. The Hall–Kier alpha value is -0.153. The molecule has 0 aliphatic heterocycles. The van der Waals surface area contributed by atoms with E-state index in [1.54, 1.807) is 0 Å². The van der Waals surface area contributed by atoms with E-state index in [1.807, 2.05) is 0 Å². The molecule has 0 aromatic heterocycles. The van der Waals surface area contributed by atoms with E-state index >= 15 is 0 Å². The molecule has 0 saturated heterocycles. The average Bonchev–Trinajstić information content (AvgIpc) is 2.44. The van der Waals surface area contributed by atoms with Gasteiger partial charge in [-0.05, 0) is 30.8 Å². The van der Waals surface area contributed by atoms with Crippen molar-refractivity contribution >= 4 is 15.3 Å². The van der Waals surface area contributed by atoms with Gasteiger partial charge < -0.3 is 9.22 Å².